The van der Waals surface area contributed by atoms with Crippen molar-refractivity contribution in [1.82, 2.24) is 14.9 Å². The zero-order valence-corrected chi connectivity index (χ0v) is 16.7. The van der Waals surface area contributed by atoms with E-state index >= 15 is 0 Å². The second-order valence-electron chi connectivity index (χ2n) is 5.79. The summed E-state index contributed by atoms with van der Waals surface area (Å²) in [5, 5.41) is 2.57. The summed E-state index contributed by atoms with van der Waals surface area (Å²) in [4.78, 5) is 25.5. The van der Waals surface area contributed by atoms with Gasteiger partial charge in [0.05, 0.1) is 5.02 Å². The summed E-state index contributed by atoms with van der Waals surface area (Å²) in [6.07, 6.45) is 0. The molecule has 144 valence electrons. The molecule has 2 rings (SSSR count). The summed E-state index contributed by atoms with van der Waals surface area (Å²) in [5.41, 5.74) is 1.56. The lowest BCUT2D eigenvalue weighted by molar-refractivity contribution is 0.0784. The predicted molar refractivity (Wildman–Crippen MR) is 103 cm³/mol. The zero-order chi connectivity index (χ0) is 20.2. The molecule has 0 atom stereocenters. The van der Waals surface area contributed by atoms with Crippen LogP contribution in [0.25, 0.3) is 0 Å². The second kappa shape index (κ2) is 8.51. The molecule has 0 radical (unpaired) electrons. The third-order valence-electron chi connectivity index (χ3n) is 3.95. The highest BCUT2D eigenvalue weighted by Crippen LogP contribution is 2.23. The lowest BCUT2D eigenvalue weighted by Crippen LogP contribution is -2.27. The summed E-state index contributed by atoms with van der Waals surface area (Å²) in [6, 6.07) is 11.0. The zero-order valence-electron chi connectivity index (χ0n) is 15.1. The number of sulfonamides is 1. The molecule has 0 bridgehead atoms. The normalized spacial score (nSPS) is 11.1. The number of carbonyl (C=O) groups excluding carboxylic acids is 2. The number of hydrogen-bond donors (Lipinski definition) is 2. The number of benzene rings is 2. The fourth-order valence-electron chi connectivity index (χ4n) is 2.42. The van der Waals surface area contributed by atoms with Crippen LogP contribution in [-0.4, -0.2) is 46.3 Å². The average molecular weight is 410 g/mol. The molecule has 0 aliphatic rings. The molecule has 7 nitrogen and oxygen atoms in total. The summed E-state index contributed by atoms with van der Waals surface area (Å²) in [6.45, 7) is 0.295. The Labute approximate surface area is 163 Å². The minimum Gasteiger partial charge on any atom is -0.355 e. The summed E-state index contributed by atoms with van der Waals surface area (Å²) in [5.74, 6) is -0.542. The third-order valence-corrected chi connectivity index (χ3v) is 5.84. The molecule has 27 heavy (non-hydrogen) atoms. The van der Waals surface area contributed by atoms with E-state index in [0.717, 1.165) is 5.56 Å². The summed E-state index contributed by atoms with van der Waals surface area (Å²) in [7, 11) is 0.657. The van der Waals surface area contributed by atoms with Crippen molar-refractivity contribution in [2.24, 2.45) is 0 Å². The molecule has 0 fully saturated rings. The van der Waals surface area contributed by atoms with E-state index in [1.807, 2.05) is 0 Å². The molecule has 2 N–H and O–H groups in total. The van der Waals surface area contributed by atoms with Crippen LogP contribution >= 0.6 is 11.6 Å². The second-order valence-corrected chi connectivity index (χ2v) is 8.05. The third kappa shape index (κ3) is 4.85. The molecule has 0 aromatic heterocycles. The van der Waals surface area contributed by atoms with Crippen LogP contribution in [0.1, 0.15) is 26.3 Å². The quantitative estimate of drug-likeness (QED) is 0.761. The van der Waals surface area contributed by atoms with Crippen LogP contribution in [0.2, 0.25) is 5.02 Å². The molecule has 2 aromatic rings. The number of halogens is 1. The van der Waals surface area contributed by atoms with E-state index < -0.39 is 10.0 Å². The Kier molecular flexibility index (Phi) is 6.59. The van der Waals surface area contributed by atoms with Crippen molar-refractivity contribution in [2.75, 3.05) is 21.1 Å². The van der Waals surface area contributed by atoms with Gasteiger partial charge in [-0.05, 0) is 42.9 Å². The van der Waals surface area contributed by atoms with Gasteiger partial charge in [0.1, 0.15) is 4.90 Å². The minimum absolute atomic E-state index is 0.0355. The molecule has 0 aliphatic carbocycles. The SMILES string of the molecule is CNC(=O)c1ccc(CN(C)C(=O)c2ccc(Cl)c(S(=O)(=O)NC)c2)cc1. The van der Waals surface area contributed by atoms with E-state index in [2.05, 4.69) is 10.0 Å². The molecule has 2 amide bonds. The van der Waals surface area contributed by atoms with E-state index in [9.17, 15) is 18.0 Å². The molecule has 0 saturated heterocycles. The van der Waals surface area contributed by atoms with E-state index in [4.69, 9.17) is 11.6 Å². The lowest BCUT2D eigenvalue weighted by atomic mass is 10.1. The van der Waals surface area contributed by atoms with Gasteiger partial charge in [-0.15, -0.1) is 0 Å². The van der Waals surface area contributed by atoms with Crippen molar-refractivity contribution < 1.29 is 18.0 Å². The van der Waals surface area contributed by atoms with Gasteiger partial charge in [0.2, 0.25) is 10.0 Å². The molecular formula is C18H20ClN3O4S. The Balaban J connectivity index is 2.20. The maximum absolute atomic E-state index is 12.7. The molecule has 0 heterocycles. The molecule has 0 unspecified atom stereocenters. The number of nitrogens with zero attached hydrogens (tertiary/aromatic N) is 1. The van der Waals surface area contributed by atoms with Crippen LogP contribution in [-0.2, 0) is 16.6 Å². The van der Waals surface area contributed by atoms with Crippen molar-refractivity contribution in [2.45, 2.75) is 11.4 Å². The molecule has 0 spiro atoms. The molecule has 0 saturated carbocycles. The molecular weight excluding hydrogens is 390 g/mol. The largest absolute Gasteiger partial charge is 0.355 e. The maximum Gasteiger partial charge on any atom is 0.253 e. The van der Waals surface area contributed by atoms with Crippen molar-refractivity contribution in [3.05, 3.63) is 64.2 Å². The number of rotatable bonds is 6. The van der Waals surface area contributed by atoms with Gasteiger partial charge in [-0.1, -0.05) is 23.7 Å². The van der Waals surface area contributed by atoms with E-state index in [0.29, 0.717) is 12.1 Å². The van der Waals surface area contributed by atoms with Crippen LogP contribution in [0.15, 0.2) is 47.4 Å². The van der Waals surface area contributed by atoms with Gasteiger partial charge in [0, 0.05) is 31.8 Å². The Morgan fingerprint density at radius 3 is 2.19 bits per heavy atom. The highest BCUT2D eigenvalue weighted by Gasteiger charge is 2.20. The first-order valence-corrected chi connectivity index (χ1v) is 9.85. The Hall–Kier alpha value is -2.42. The van der Waals surface area contributed by atoms with Gasteiger partial charge >= 0.3 is 0 Å². The van der Waals surface area contributed by atoms with Gasteiger partial charge in [-0.3, -0.25) is 9.59 Å². The van der Waals surface area contributed by atoms with Crippen molar-refractivity contribution in [1.29, 1.82) is 0 Å². The van der Waals surface area contributed by atoms with E-state index in [1.54, 1.807) is 38.4 Å². The highest BCUT2D eigenvalue weighted by atomic mass is 35.5. The molecule has 2 aromatic carbocycles. The Morgan fingerprint density at radius 1 is 1.04 bits per heavy atom. The predicted octanol–water partition coefficient (Wildman–Crippen LogP) is 1.88. The van der Waals surface area contributed by atoms with Crippen LogP contribution in [0.3, 0.4) is 0 Å². The standard InChI is InChI=1S/C18H20ClN3O4S/c1-20-17(23)13-6-4-12(5-7-13)11-22(3)18(24)14-8-9-15(19)16(10-14)27(25,26)21-2/h4-10,21H,11H2,1-3H3,(H,20,23). The smallest absolute Gasteiger partial charge is 0.253 e. The average Bonchev–Trinajstić information content (AvgIpc) is 2.67. The van der Waals surface area contributed by atoms with Gasteiger partial charge in [0.15, 0.2) is 0 Å². The number of carbonyl (C=O) groups is 2. The molecule has 0 aliphatic heterocycles. The van der Waals surface area contributed by atoms with E-state index in [1.165, 1.54) is 30.1 Å². The number of hydrogen-bond acceptors (Lipinski definition) is 4. The first kappa shape index (κ1) is 20.9. The Bertz CT molecular complexity index is 959. The van der Waals surface area contributed by atoms with Crippen LogP contribution in [0.4, 0.5) is 0 Å². The van der Waals surface area contributed by atoms with Gasteiger partial charge in [-0.25, -0.2) is 13.1 Å². The highest BCUT2D eigenvalue weighted by molar-refractivity contribution is 7.89. The van der Waals surface area contributed by atoms with Crippen LogP contribution in [0.5, 0.6) is 0 Å². The fourth-order valence-corrected chi connectivity index (χ4v) is 3.67. The Morgan fingerprint density at radius 2 is 1.63 bits per heavy atom. The summed E-state index contributed by atoms with van der Waals surface area (Å²) < 4.78 is 26.2. The van der Waals surface area contributed by atoms with Crippen molar-refractivity contribution in [3.8, 4) is 0 Å². The van der Waals surface area contributed by atoms with E-state index in [-0.39, 0.29) is 27.3 Å². The first-order valence-electron chi connectivity index (χ1n) is 7.99. The number of nitrogens with one attached hydrogen (secondary N) is 2. The lowest BCUT2D eigenvalue weighted by Gasteiger charge is -2.18. The minimum atomic E-state index is -3.78. The van der Waals surface area contributed by atoms with Gasteiger partial charge in [0.25, 0.3) is 11.8 Å². The van der Waals surface area contributed by atoms with Gasteiger partial charge < -0.3 is 10.2 Å². The number of amides is 2. The van der Waals surface area contributed by atoms with Crippen molar-refractivity contribution >= 4 is 33.4 Å². The van der Waals surface area contributed by atoms with Crippen molar-refractivity contribution in [3.63, 3.8) is 0 Å². The monoisotopic (exact) mass is 409 g/mol. The topological polar surface area (TPSA) is 95.6 Å². The molecule has 9 heteroatoms. The van der Waals surface area contributed by atoms with Crippen LogP contribution < -0.4 is 10.0 Å². The summed E-state index contributed by atoms with van der Waals surface area (Å²) >= 11 is 5.95. The van der Waals surface area contributed by atoms with Crippen LogP contribution in [0, 0.1) is 0 Å². The van der Waals surface area contributed by atoms with Gasteiger partial charge in [-0.2, -0.15) is 0 Å². The first-order chi connectivity index (χ1) is 12.7. The fraction of sp³-hybridized carbons (Fsp3) is 0.222. The maximum atomic E-state index is 12.7.